The molecule has 0 saturated carbocycles. The fourth-order valence-electron chi connectivity index (χ4n) is 1.30. The highest BCUT2D eigenvalue weighted by Gasteiger charge is 2.31. The zero-order valence-corrected chi connectivity index (χ0v) is 6.91. The molecule has 1 rings (SSSR count). The molecule has 58 valence electrons. The van der Waals surface area contributed by atoms with Crippen molar-refractivity contribution in [3.05, 3.63) is 0 Å². The Morgan fingerprint density at radius 1 is 1.80 bits per heavy atom. The predicted molar refractivity (Wildman–Crippen MR) is 42.3 cm³/mol. The molecule has 0 amide bonds. The van der Waals surface area contributed by atoms with Crippen LogP contribution in [0.3, 0.4) is 0 Å². The van der Waals surface area contributed by atoms with Crippen LogP contribution >= 0.6 is 11.8 Å². The fourth-order valence-corrected chi connectivity index (χ4v) is 2.59. The Morgan fingerprint density at radius 2 is 2.50 bits per heavy atom. The second kappa shape index (κ2) is 2.82. The second-order valence-corrected chi connectivity index (χ2v) is 4.65. The van der Waals surface area contributed by atoms with Gasteiger partial charge in [0.15, 0.2) is 0 Å². The number of carboxylic acid groups (broad SMARTS) is 1. The highest BCUT2D eigenvalue weighted by atomic mass is 32.2. The topological polar surface area (TPSA) is 37.3 Å². The van der Waals surface area contributed by atoms with E-state index in [0.29, 0.717) is 6.42 Å². The van der Waals surface area contributed by atoms with Gasteiger partial charge in [0, 0.05) is 4.75 Å². The van der Waals surface area contributed by atoms with E-state index in [-0.39, 0.29) is 4.75 Å². The molecule has 10 heavy (non-hydrogen) atoms. The number of hydrogen-bond donors (Lipinski definition) is 1. The van der Waals surface area contributed by atoms with Crippen LogP contribution in [0.1, 0.15) is 26.2 Å². The van der Waals surface area contributed by atoms with Crippen LogP contribution in [0.15, 0.2) is 0 Å². The normalized spacial score (nSPS) is 32.5. The lowest BCUT2D eigenvalue weighted by atomic mass is 10.0. The number of thioether (sulfide) groups is 1. The molecule has 1 saturated heterocycles. The van der Waals surface area contributed by atoms with Crippen LogP contribution in [-0.4, -0.2) is 21.6 Å². The molecule has 1 aliphatic rings. The maximum absolute atomic E-state index is 10.3. The summed E-state index contributed by atoms with van der Waals surface area (Å²) in [5.74, 6) is 0.459. The number of carbonyl (C=O) groups is 1. The minimum absolute atomic E-state index is 0.0336. The summed E-state index contributed by atoms with van der Waals surface area (Å²) in [6.45, 7) is 2.04. The first kappa shape index (κ1) is 7.92. The summed E-state index contributed by atoms with van der Waals surface area (Å²) in [4.78, 5) is 10.3. The molecule has 1 N–H and O–H groups in total. The van der Waals surface area contributed by atoms with Gasteiger partial charge in [-0.2, -0.15) is 11.8 Å². The lowest BCUT2D eigenvalue weighted by Gasteiger charge is -2.18. The lowest BCUT2D eigenvalue weighted by molar-refractivity contribution is -0.137. The summed E-state index contributed by atoms with van der Waals surface area (Å²) < 4.78 is 0.0336. The molecular formula is C7H12O2S. The molecule has 0 aromatic carbocycles. The van der Waals surface area contributed by atoms with Crippen LogP contribution < -0.4 is 0 Å². The van der Waals surface area contributed by atoms with E-state index in [4.69, 9.17) is 5.11 Å². The highest BCUT2D eigenvalue weighted by Crippen LogP contribution is 2.40. The van der Waals surface area contributed by atoms with Gasteiger partial charge in [-0.05, 0) is 25.5 Å². The number of aliphatic carboxylic acids is 1. The number of carboxylic acids is 1. The van der Waals surface area contributed by atoms with Crippen molar-refractivity contribution in [2.75, 3.05) is 5.75 Å². The van der Waals surface area contributed by atoms with Gasteiger partial charge in [-0.3, -0.25) is 4.79 Å². The summed E-state index contributed by atoms with van der Waals surface area (Å²) in [7, 11) is 0. The van der Waals surface area contributed by atoms with E-state index in [0.717, 1.165) is 12.2 Å². The molecule has 1 heterocycles. The summed E-state index contributed by atoms with van der Waals surface area (Å²) in [6.07, 6.45) is 2.55. The Kier molecular flexibility index (Phi) is 2.24. The minimum Gasteiger partial charge on any atom is -0.481 e. The van der Waals surface area contributed by atoms with Gasteiger partial charge >= 0.3 is 5.97 Å². The largest absolute Gasteiger partial charge is 0.481 e. The van der Waals surface area contributed by atoms with Crippen LogP contribution in [0.2, 0.25) is 0 Å². The van der Waals surface area contributed by atoms with Crippen LogP contribution in [0.25, 0.3) is 0 Å². The van der Waals surface area contributed by atoms with Gasteiger partial charge in [-0.15, -0.1) is 0 Å². The zero-order chi connectivity index (χ0) is 7.61. The molecule has 0 unspecified atom stereocenters. The van der Waals surface area contributed by atoms with Crippen molar-refractivity contribution in [2.45, 2.75) is 30.9 Å². The maximum Gasteiger partial charge on any atom is 0.304 e. The van der Waals surface area contributed by atoms with Crippen molar-refractivity contribution >= 4 is 17.7 Å². The molecular weight excluding hydrogens is 148 g/mol. The molecule has 2 nitrogen and oxygen atoms in total. The zero-order valence-electron chi connectivity index (χ0n) is 6.09. The second-order valence-electron chi connectivity index (χ2n) is 2.97. The molecule has 0 aromatic heterocycles. The minimum atomic E-state index is -0.670. The van der Waals surface area contributed by atoms with Gasteiger partial charge < -0.3 is 5.11 Å². The number of hydrogen-bond acceptors (Lipinski definition) is 2. The molecule has 1 atom stereocenters. The smallest absolute Gasteiger partial charge is 0.304 e. The highest BCUT2D eigenvalue weighted by molar-refractivity contribution is 8.00. The molecule has 1 aliphatic heterocycles. The lowest BCUT2D eigenvalue weighted by Crippen LogP contribution is -2.20. The van der Waals surface area contributed by atoms with Crippen molar-refractivity contribution in [1.29, 1.82) is 0 Å². The Morgan fingerprint density at radius 3 is 2.90 bits per heavy atom. The summed E-state index contributed by atoms with van der Waals surface area (Å²) in [5, 5.41) is 8.53. The van der Waals surface area contributed by atoms with Gasteiger partial charge in [-0.1, -0.05) is 0 Å². The molecule has 1 fully saturated rings. The van der Waals surface area contributed by atoms with Crippen molar-refractivity contribution in [2.24, 2.45) is 0 Å². The summed E-state index contributed by atoms with van der Waals surface area (Å²) >= 11 is 1.79. The van der Waals surface area contributed by atoms with Gasteiger partial charge in [-0.25, -0.2) is 0 Å². The van der Waals surface area contributed by atoms with E-state index >= 15 is 0 Å². The quantitative estimate of drug-likeness (QED) is 0.668. The molecule has 0 bridgehead atoms. The first-order valence-corrected chi connectivity index (χ1v) is 4.47. The van der Waals surface area contributed by atoms with E-state index in [9.17, 15) is 4.79 Å². The third-order valence-corrected chi connectivity index (χ3v) is 3.36. The molecule has 3 heteroatoms. The maximum atomic E-state index is 10.3. The van der Waals surface area contributed by atoms with Crippen LogP contribution in [0.4, 0.5) is 0 Å². The van der Waals surface area contributed by atoms with Gasteiger partial charge in [0.1, 0.15) is 0 Å². The Labute approximate surface area is 65.0 Å². The van der Waals surface area contributed by atoms with Crippen LogP contribution in [-0.2, 0) is 4.79 Å². The Balaban J connectivity index is 2.43. The van der Waals surface area contributed by atoms with E-state index in [2.05, 4.69) is 0 Å². The van der Waals surface area contributed by atoms with E-state index in [1.165, 1.54) is 6.42 Å². The van der Waals surface area contributed by atoms with Gasteiger partial charge in [0.2, 0.25) is 0 Å². The molecule has 0 spiro atoms. The predicted octanol–water partition coefficient (Wildman–Crippen LogP) is 1.75. The first-order valence-electron chi connectivity index (χ1n) is 3.48. The van der Waals surface area contributed by atoms with E-state index in [1.54, 1.807) is 11.8 Å². The van der Waals surface area contributed by atoms with Crippen LogP contribution in [0.5, 0.6) is 0 Å². The third kappa shape index (κ3) is 1.90. The Hall–Kier alpha value is -0.180. The van der Waals surface area contributed by atoms with Crippen molar-refractivity contribution in [3.8, 4) is 0 Å². The standard InChI is InChI=1S/C7H12O2S/c1-7(5-6(8)9)3-2-4-10-7/h2-5H2,1H3,(H,8,9)/t7-/m0/s1. The van der Waals surface area contributed by atoms with Crippen molar-refractivity contribution in [1.82, 2.24) is 0 Å². The summed E-state index contributed by atoms with van der Waals surface area (Å²) in [5.41, 5.74) is 0. The number of rotatable bonds is 2. The van der Waals surface area contributed by atoms with E-state index in [1.807, 2.05) is 6.92 Å². The van der Waals surface area contributed by atoms with Crippen LogP contribution in [0, 0.1) is 0 Å². The van der Waals surface area contributed by atoms with Crippen molar-refractivity contribution < 1.29 is 9.90 Å². The SMILES string of the molecule is C[C@@]1(CC(=O)O)CCCS1. The third-order valence-electron chi connectivity index (χ3n) is 1.83. The average Bonchev–Trinajstić information content (AvgIpc) is 2.12. The Bertz CT molecular complexity index is 139. The van der Waals surface area contributed by atoms with Gasteiger partial charge in [0.05, 0.1) is 6.42 Å². The van der Waals surface area contributed by atoms with Crippen molar-refractivity contribution in [3.63, 3.8) is 0 Å². The van der Waals surface area contributed by atoms with Gasteiger partial charge in [0.25, 0.3) is 0 Å². The van der Waals surface area contributed by atoms with E-state index < -0.39 is 5.97 Å². The molecule has 0 aliphatic carbocycles. The average molecular weight is 160 g/mol. The monoisotopic (exact) mass is 160 g/mol. The fraction of sp³-hybridized carbons (Fsp3) is 0.857. The summed E-state index contributed by atoms with van der Waals surface area (Å²) in [6, 6.07) is 0. The molecule has 0 aromatic rings. The molecule has 0 radical (unpaired) electrons. The first-order chi connectivity index (χ1) is 4.62.